The number of hydrogen-bond donors (Lipinski definition) is 3. The van der Waals surface area contributed by atoms with Gasteiger partial charge in [0.1, 0.15) is 5.76 Å². The van der Waals surface area contributed by atoms with Crippen molar-refractivity contribution < 1.29 is 29.0 Å². The molecule has 0 radical (unpaired) electrons. The number of unbranched alkanes of at least 4 members (excludes halogenated alkanes) is 1. The molecule has 0 saturated heterocycles. The molecule has 0 saturated carbocycles. The van der Waals surface area contributed by atoms with Crippen LogP contribution in [-0.4, -0.2) is 41.0 Å². The molecule has 0 bridgehead atoms. The Morgan fingerprint density at radius 2 is 1.24 bits per heavy atom. The van der Waals surface area contributed by atoms with Crippen molar-refractivity contribution in [3.05, 3.63) is 184 Å². The molecule has 2 amide bonds. The minimum absolute atomic E-state index is 0.0358. The van der Waals surface area contributed by atoms with Gasteiger partial charge in [0.25, 0.3) is 0 Å². The summed E-state index contributed by atoms with van der Waals surface area (Å²) in [6, 6.07) is 38.2. The van der Waals surface area contributed by atoms with Gasteiger partial charge in [-0.2, -0.15) is 4.58 Å². The Morgan fingerprint density at radius 3 is 1.75 bits per heavy atom. The first-order valence-corrected chi connectivity index (χ1v) is 25.3. The van der Waals surface area contributed by atoms with Gasteiger partial charge in [0.2, 0.25) is 34.7 Å². The zero-order chi connectivity index (χ0) is 51.7. The maximum atomic E-state index is 14.9. The number of nitrogens with zero attached hydrogens (tertiary/aromatic N) is 2. The quantitative estimate of drug-likeness (QED) is 0.0325. The van der Waals surface area contributed by atoms with Crippen LogP contribution < -0.4 is 20.1 Å². The molecular weight excluding hydrogens is 897 g/mol. The second kappa shape index (κ2) is 23.1. The lowest BCUT2D eigenvalue weighted by Crippen LogP contribution is -2.31. The number of ether oxygens (including phenoxy) is 1. The highest BCUT2D eigenvalue weighted by atomic mass is 16.5. The van der Waals surface area contributed by atoms with E-state index in [9.17, 15) is 24.3 Å². The Labute approximate surface area is 425 Å². The fourth-order valence-electron chi connectivity index (χ4n) is 8.71. The van der Waals surface area contributed by atoms with Crippen LogP contribution in [0.15, 0.2) is 156 Å². The lowest BCUT2D eigenvalue weighted by molar-refractivity contribution is -0.154. The van der Waals surface area contributed by atoms with E-state index in [2.05, 4.69) is 75.6 Å². The van der Waals surface area contributed by atoms with Crippen molar-refractivity contribution in [1.82, 2.24) is 9.89 Å². The summed E-state index contributed by atoms with van der Waals surface area (Å²) in [7, 11) is 0. The van der Waals surface area contributed by atoms with Crippen LogP contribution in [-0.2, 0) is 23.9 Å². The number of allylic oxidation sites excluding steroid dienone is 5. The van der Waals surface area contributed by atoms with Crippen molar-refractivity contribution in [3.8, 4) is 0 Å². The number of aliphatic hydroxyl groups is 1. The molecule has 0 aromatic heterocycles. The number of benzene rings is 5. The number of esters is 1. The molecule has 0 heterocycles. The monoisotopic (exact) mass is 966 g/mol. The summed E-state index contributed by atoms with van der Waals surface area (Å²) < 4.78 is 7.60. The Balaban J connectivity index is 1.34. The third kappa shape index (κ3) is 11.9. The van der Waals surface area contributed by atoms with Crippen LogP contribution in [0.5, 0.6) is 0 Å². The summed E-state index contributed by atoms with van der Waals surface area (Å²) in [6.07, 6.45) is 9.58. The average molecular weight is 966 g/mol. The van der Waals surface area contributed by atoms with Crippen molar-refractivity contribution in [3.63, 3.8) is 0 Å². The van der Waals surface area contributed by atoms with Gasteiger partial charge in [0, 0.05) is 77.0 Å². The van der Waals surface area contributed by atoms with E-state index in [4.69, 9.17) is 4.74 Å². The van der Waals surface area contributed by atoms with Gasteiger partial charge >= 0.3 is 5.97 Å². The first kappa shape index (κ1) is 52.2. The average Bonchev–Trinajstić information content (AvgIpc) is 3.37. The summed E-state index contributed by atoms with van der Waals surface area (Å²) in [5, 5.41) is 18.5. The van der Waals surface area contributed by atoms with E-state index in [1.54, 1.807) is 12.1 Å². The number of ketones is 1. The Hall–Kier alpha value is -7.59. The fourth-order valence-corrected chi connectivity index (χ4v) is 8.71. The Morgan fingerprint density at radius 1 is 0.694 bits per heavy atom. The Bertz CT molecular complexity index is 2900. The minimum atomic E-state index is -0.635. The van der Waals surface area contributed by atoms with E-state index in [0.717, 1.165) is 70.0 Å². The van der Waals surface area contributed by atoms with Gasteiger partial charge in [0.05, 0.1) is 34.6 Å². The van der Waals surface area contributed by atoms with Gasteiger partial charge in [-0.05, 0) is 116 Å². The summed E-state index contributed by atoms with van der Waals surface area (Å²) in [5.41, 5.74) is 10.3. The lowest BCUT2D eigenvalue weighted by atomic mass is 9.78. The molecule has 2 aliphatic rings. The number of carbonyl (C=O) groups excluding carboxylic acids is 4. The van der Waals surface area contributed by atoms with Crippen LogP contribution in [0, 0.1) is 39.0 Å². The molecule has 372 valence electrons. The second-order valence-corrected chi connectivity index (χ2v) is 19.7. The first-order valence-electron chi connectivity index (χ1n) is 25.3. The van der Waals surface area contributed by atoms with Crippen LogP contribution in [0.1, 0.15) is 107 Å². The molecule has 1 atom stereocenters. The van der Waals surface area contributed by atoms with Crippen LogP contribution in [0.4, 0.5) is 34.1 Å². The topological polar surface area (TPSA) is 128 Å². The summed E-state index contributed by atoms with van der Waals surface area (Å²) >= 11 is 0. The highest BCUT2D eigenvalue weighted by Crippen LogP contribution is 2.45. The zero-order valence-electron chi connectivity index (χ0n) is 43.3. The van der Waals surface area contributed by atoms with E-state index in [-0.39, 0.29) is 60.1 Å². The van der Waals surface area contributed by atoms with Gasteiger partial charge in [-0.15, -0.1) is 0 Å². The van der Waals surface area contributed by atoms with E-state index in [0.29, 0.717) is 41.1 Å². The second-order valence-electron chi connectivity index (χ2n) is 19.7. The Kier molecular flexibility index (Phi) is 16.8. The number of rotatable bonds is 19. The molecule has 0 aliphatic heterocycles. The number of aryl methyl sites for hydroxylation is 4. The van der Waals surface area contributed by atoms with Gasteiger partial charge in [-0.25, -0.2) is 0 Å². The molecule has 10 nitrogen and oxygen atoms in total. The van der Waals surface area contributed by atoms with Crippen LogP contribution in [0.3, 0.4) is 0 Å². The number of amides is 2. The third-order valence-electron chi connectivity index (χ3n) is 13.7. The van der Waals surface area contributed by atoms with Gasteiger partial charge in [-0.3, -0.25) is 19.2 Å². The highest BCUT2D eigenvalue weighted by Gasteiger charge is 2.40. The smallest absolute Gasteiger partial charge is 0.311 e. The largest absolute Gasteiger partial charge is 0.506 e. The van der Waals surface area contributed by atoms with Crippen molar-refractivity contribution in [2.45, 2.75) is 107 Å². The first-order chi connectivity index (χ1) is 34.5. The SMILES string of the molecule is CCCCC(CC)C(=O)Nc1cc(N(c2ccc(C)cc2)c2ccc(C)cc2)ccc1C1=C(O)/C(=C2/C=CC(=[N+](c3ccc(C)cc3)c3ccc(C)cc3)C=C2NC(=O)CCCOC(=O)C(C)(C)CC)C1=O. The van der Waals surface area contributed by atoms with E-state index < -0.39 is 11.2 Å². The van der Waals surface area contributed by atoms with Gasteiger partial charge in [0.15, 0.2) is 0 Å². The number of carbonyl (C=O) groups is 4. The third-order valence-corrected chi connectivity index (χ3v) is 13.7. The van der Waals surface area contributed by atoms with E-state index >= 15 is 0 Å². The van der Waals surface area contributed by atoms with Crippen molar-refractivity contribution in [2.24, 2.45) is 11.3 Å². The number of aliphatic hydroxyl groups excluding tert-OH is 1. The van der Waals surface area contributed by atoms with Crippen molar-refractivity contribution in [1.29, 1.82) is 0 Å². The predicted molar refractivity (Wildman–Crippen MR) is 293 cm³/mol. The van der Waals surface area contributed by atoms with Crippen molar-refractivity contribution in [2.75, 3.05) is 16.8 Å². The normalized spacial score (nSPS) is 14.9. The fraction of sp³-hybridized carbons (Fsp3) is 0.306. The predicted octanol–water partition coefficient (Wildman–Crippen LogP) is 14.0. The number of hydrogen-bond acceptors (Lipinski definition) is 7. The molecule has 5 aromatic rings. The molecule has 1 unspecified atom stereocenters. The molecular formula is C62H69N4O6+. The number of anilines is 4. The van der Waals surface area contributed by atoms with Crippen LogP contribution >= 0.6 is 0 Å². The number of Topliss-reactive ketones (excluding diaryl/α,β-unsaturated/α-hetero) is 1. The molecule has 72 heavy (non-hydrogen) atoms. The van der Waals surface area contributed by atoms with Crippen molar-refractivity contribution >= 4 is 69.0 Å². The maximum Gasteiger partial charge on any atom is 0.311 e. The summed E-state index contributed by atoms with van der Waals surface area (Å²) in [4.78, 5) is 57.7. The van der Waals surface area contributed by atoms with E-state index in [1.165, 1.54) is 0 Å². The molecule has 0 spiro atoms. The summed E-state index contributed by atoms with van der Waals surface area (Å²) in [5.74, 6) is -1.78. The van der Waals surface area contributed by atoms with Crippen LogP contribution in [0.2, 0.25) is 0 Å². The zero-order valence-corrected chi connectivity index (χ0v) is 43.3. The minimum Gasteiger partial charge on any atom is -0.506 e. The van der Waals surface area contributed by atoms with Crippen LogP contribution in [0.25, 0.3) is 5.57 Å². The lowest BCUT2D eigenvalue weighted by Gasteiger charge is -2.29. The number of nitrogens with one attached hydrogen (secondary N) is 2. The molecule has 2 aliphatic carbocycles. The molecule has 7 rings (SSSR count). The summed E-state index contributed by atoms with van der Waals surface area (Å²) in [6.45, 7) is 17.9. The van der Waals surface area contributed by atoms with E-state index in [1.807, 2.05) is 128 Å². The standard InChI is InChI=1S/C62H68N4O6/c1-10-13-15-44(11-2)60(70)64-54-39-50(66(47-29-21-42(6)22-30-47)48-31-23-43(7)24-32-48)34-36-52(54)57-58(68)56(59(57)69)51-35-33-49(38-53(51)63-55(67)16-14-37-72-61(71)62(8,9)12-3)65(45-25-17-40(4)18-26-45)46-27-19-41(5)20-28-46/h17-36,38-39,44H,10-16,37H2,1-9H3,(H2,63,64,67,68,69,70)/p+1. The molecule has 3 N–H and O–H groups in total. The van der Waals surface area contributed by atoms with Gasteiger partial charge < -0.3 is 25.4 Å². The van der Waals surface area contributed by atoms with Gasteiger partial charge in [-0.1, -0.05) is 104 Å². The molecule has 5 aromatic carbocycles. The maximum absolute atomic E-state index is 14.9. The molecule has 10 heteroatoms. The molecule has 0 fully saturated rings. The highest BCUT2D eigenvalue weighted by molar-refractivity contribution is 6.40.